The predicted molar refractivity (Wildman–Crippen MR) is 148 cm³/mol. The van der Waals surface area contributed by atoms with Crippen LogP contribution in [0.2, 0.25) is 18.6 Å². The van der Waals surface area contributed by atoms with Gasteiger partial charge in [0.1, 0.15) is 5.75 Å². The van der Waals surface area contributed by atoms with E-state index in [1.54, 1.807) is 7.11 Å². The molecule has 5 atom stereocenters. The van der Waals surface area contributed by atoms with E-state index in [2.05, 4.69) is 67.0 Å². The molecule has 2 aliphatic heterocycles. The smallest absolute Gasteiger partial charge is 0.241 e. The van der Waals surface area contributed by atoms with Gasteiger partial charge in [-0.05, 0) is 79.9 Å². The molecule has 6 nitrogen and oxygen atoms in total. The molecule has 0 aromatic heterocycles. The zero-order chi connectivity index (χ0) is 25.7. The van der Waals surface area contributed by atoms with E-state index in [0.29, 0.717) is 17.9 Å². The van der Waals surface area contributed by atoms with Gasteiger partial charge >= 0.3 is 0 Å². The number of amides is 1. The maximum absolute atomic E-state index is 12.4. The molecule has 3 N–H and O–H groups in total. The van der Waals surface area contributed by atoms with Crippen LogP contribution in [0.4, 0.5) is 5.69 Å². The number of benzene rings is 2. The average molecular weight is 511 g/mol. The minimum Gasteiger partial charge on any atom is -0.497 e. The Kier molecular flexibility index (Phi) is 8.88. The summed E-state index contributed by atoms with van der Waals surface area (Å²) >= 11 is 0. The van der Waals surface area contributed by atoms with Gasteiger partial charge in [0.05, 0.1) is 33.4 Å². The second-order valence-corrected chi connectivity index (χ2v) is 15.6. The van der Waals surface area contributed by atoms with Gasteiger partial charge in [0.15, 0.2) is 0 Å². The van der Waals surface area contributed by atoms with Crippen molar-refractivity contribution < 1.29 is 19.4 Å². The van der Waals surface area contributed by atoms with Crippen molar-refractivity contribution in [2.24, 2.45) is 5.92 Å². The fourth-order valence-corrected chi connectivity index (χ4v) is 10.4. The number of aliphatic hydroxyl groups excluding tert-OH is 1. The molecule has 4 rings (SSSR count). The first-order valence-corrected chi connectivity index (χ1v) is 16.4. The van der Waals surface area contributed by atoms with Crippen LogP contribution in [0.15, 0.2) is 48.5 Å². The highest BCUT2D eigenvalue weighted by Crippen LogP contribution is 2.46. The Morgan fingerprint density at radius 3 is 2.44 bits per heavy atom. The summed E-state index contributed by atoms with van der Waals surface area (Å²) in [6.45, 7) is 8.26. The third-order valence-corrected chi connectivity index (χ3v) is 12.7. The number of carbonyl (C=O) groups excluding carboxylic acids is 1. The number of nitrogens with one attached hydrogen (secondary N) is 2. The molecule has 0 bridgehead atoms. The topological polar surface area (TPSA) is 79.8 Å². The molecule has 2 heterocycles. The average Bonchev–Trinajstić information content (AvgIpc) is 3.52. The van der Waals surface area contributed by atoms with Crippen LogP contribution in [0.25, 0.3) is 0 Å². The van der Waals surface area contributed by atoms with Gasteiger partial charge in [0.2, 0.25) is 5.91 Å². The first-order chi connectivity index (χ1) is 17.3. The molecule has 0 radical (unpaired) electrons. The lowest BCUT2D eigenvalue weighted by Crippen LogP contribution is -2.50. The summed E-state index contributed by atoms with van der Waals surface area (Å²) in [6.07, 6.45) is 4.77. The molecule has 36 heavy (non-hydrogen) atoms. The second-order valence-electron chi connectivity index (χ2n) is 10.9. The maximum atomic E-state index is 12.4. The number of methoxy groups -OCH3 is 1. The highest BCUT2D eigenvalue weighted by molar-refractivity contribution is 6.91. The van der Waals surface area contributed by atoms with Gasteiger partial charge in [-0.3, -0.25) is 4.79 Å². The lowest BCUT2D eigenvalue weighted by atomic mass is 9.95. The summed E-state index contributed by atoms with van der Waals surface area (Å²) in [5.74, 6) is 1.35. The minimum absolute atomic E-state index is 0.0537. The predicted octanol–water partition coefficient (Wildman–Crippen LogP) is 4.09. The van der Waals surface area contributed by atoms with E-state index in [9.17, 15) is 9.90 Å². The van der Waals surface area contributed by atoms with Crippen molar-refractivity contribution in [2.45, 2.75) is 75.9 Å². The van der Waals surface area contributed by atoms with Crippen molar-refractivity contribution in [3.63, 3.8) is 0 Å². The summed E-state index contributed by atoms with van der Waals surface area (Å²) in [5.41, 5.74) is 2.53. The molecule has 0 spiro atoms. The van der Waals surface area contributed by atoms with Gasteiger partial charge < -0.3 is 25.2 Å². The fraction of sp³-hybridized carbons (Fsp3) is 0.552. The molecule has 7 heteroatoms. The lowest BCUT2D eigenvalue weighted by Gasteiger charge is -2.36. The van der Waals surface area contributed by atoms with Gasteiger partial charge in [-0.25, -0.2) is 0 Å². The summed E-state index contributed by atoms with van der Waals surface area (Å²) in [7, 11) is -0.169. The van der Waals surface area contributed by atoms with Crippen LogP contribution in [-0.4, -0.2) is 57.6 Å². The third-order valence-electron chi connectivity index (χ3n) is 8.30. The summed E-state index contributed by atoms with van der Waals surface area (Å²) < 4.78 is 12.0. The lowest BCUT2D eigenvalue weighted by molar-refractivity contribution is -0.117. The van der Waals surface area contributed by atoms with Gasteiger partial charge in [-0.2, -0.15) is 0 Å². The number of carbonyl (C=O) groups is 1. The standard InChI is InChI=1S/C29H42N2O4Si/c1-20-26(16-9-21-7-10-22(11-8-21)31-29(33)25-6-5-18-30-25)35-27(17-19-32)28(20)36(3,4)24-14-12-23(34-2)13-15-24/h7-8,10-15,20,25-28,30,32H,5-6,9,16-19H2,1-4H3,(H,31,33)/t20-,25-,26+,27-,28+/m1/s1. The Morgan fingerprint density at radius 1 is 1.11 bits per heavy atom. The molecule has 2 aromatic rings. The van der Waals surface area contributed by atoms with E-state index < -0.39 is 8.07 Å². The summed E-state index contributed by atoms with van der Waals surface area (Å²) in [6, 6.07) is 16.7. The molecular formula is C29H42N2O4Si. The van der Waals surface area contributed by atoms with Gasteiger partial charge in [0.25, 0.3) is 0 Å². The van der Waals surface area contributed by atoms with Crippen molar-refractivity contribution in [1.29, 1.82) is 0 Å². The maximum Gasteiger partial charge on any atom is 0.241 e. The zero-order valence-corrected chi connectivity index (χ0v) is 23.1. The van der Waals surface area contributed by atoms with Crippen LogP contribution in [0.1, 0.15) is 38.2 Å². The number of hydrogen-bond acceptors (Lipinski definition) is 5. The normalized spacial score (nSPS) is 26.2. The van der Waals surface area contributed by atoms with Crippen LogP contribution in [0.3, 0.4) is 0 Å². The summed E-state index contributed by atoms with van der Waals surface area (Å²) in [5, 5.41) is 17.4. The monoisotopic (exact) mass is 510 g/mol. The van der Waals surface area contributed by atoms with Crippen molar-refractivity contribution in [2.75, 3.05) is 25.6 Å². The van der Waals surface area contributed by atoms with E-state index in [0.717, 1.165) is 43.7 Å². The molecular weight excluding hydrogens is 468 g/mol. The van der Waals surface area contributed by atoms with Crippen LogP contribution >= 0.6 is 0 Å². The van der Waals surface area contributed by atoms with Gasteiger partial charge in [-0.15, -0.1) is 0 Å². The number of hydrogen-bond donors (Lipinski definition) is 3. The number of rotatable bonds is 10. The van der Waals surface area contributed by atoms with Crippen molar-refractivity contribution in [1.82, 2.24) is 5.32 Å². The fourth-order valence-electron chi connectivity index (χ4n) is 6.25. The molecule has 2 aromatic carbocycles. The van der Waals surface area contributed by atoms with Crippen LogP contribution < -0.4 is 20.6 Å². The van der Waals surface area contributed by atoms with E-state index in [1.807, 2.05) is 12.1 Å². The molecule has 1 amide bonds. The second kappa shape index (κ2) is 11.9. The Balaban J connectivity index is 1.38. The SMILES string of the molecule is COc1ccc([Si](C)(C)[C@H]2[C@H](C)[C@H](CCc3ccc(NC(=O)[C@H]4CCCN4)cc3)O[C@@H]2CCO)cc1. The molecule has 2 aliphatic rings. The molecule has 196 valence electrons. The largest absolute Gasteiger partial charge is 0.497 e. The zero-order valence-electron chi connectivity index (χ0n) is 22.1. The van der Waals surface area contributed by atoms with E-state index in [4.69, 9.17) is 9.47 Å². The molecule has 2 fully saturated rings. The number of aryl methyl sites for hydroxylation is 1. The number of aliphatic hydroxyl groups is 1. The third kappa shape index (κ3) is 6.02. The summed E-state index contributed by atoms with van der Waals surface area (Å²) in [4.78, 5) is 12.4. The van der Waals surface area contributed by atoms with Gasteiger partial charge in [0, 0.05) is 12.3 Å². The van der Waals surface area contributed by atoms with Crippen LogP contribution in [0, 0.1) is 5.92 Å². The molecule has 2 saturated heterocycles. The Labute approximate surface area is 216 Å². The highest BCUT2D eigenvalue weighted by atomic mass is 28.3. The van der Waals surface area contributed by atoms with E-state index in [-0.39, 0.29) is 30.8 Å². The molecule has 0 saturated carbocycles. The Morgan fingerprint density at radius 2 is 1.83 bits per heavy atom. The number of anilines is 1. The quantitative estimate of drug-likeness (QED) is 0.420. The van der Waals surface area contributed by atoms with E-state index >= 15 is 0 Å². The number of ether oxygens (including phenoxy) is 2. The van der Waals surface area contributed by atoms with Gasteiger partial charge in [-0.1, -0.05) is 49.5 Å². The van der Waals surface area contributed by atoms with E-state index in [1.165, 1.54) is 10.8 Å². The van der Waals surface area contributed by atoms with Crippen LogP contribution in [-0.2, 0) is 16.0 Å². The van der Waals surface area contributed by atoms with Crippen LogP contribution in [0.5, 0.6) is 5.75 Å². The first-order valence-electron chi connectivity index (χ1n) is 13.4. The highest BCUT2D eigenvalue weighted by Gasteiger charge is 2.50. The Bertz CT molecular complexity index is 989. The molecule has 0 aliphatic carbocycles. The van der Waals surface area contributed by atoms with Crippen molar-refractivity contribution >= 4 is 24.9 Å². The van der Waals surface area contributed by atoms with Crippen molar-refractivity contribution in [3.05, 3.63) is 54.1 Å². The first kappa shape index (κ1) is 26.9. The van der Waals surface area contributed by atoms with Crippen molar-refractivity contribution in [3.8, 4) is 5.75 Å². The minimum atomic E-state index is -1.87. The molecule has 0 unspecified atom stereocenters. The Hall–Kier alpha value is -2.19.